The van der Waals surface area contributed by atoms with Crippen LogP contribution in [0.25, 0.3) is 0 Å². The normalized spacial score (nSPS) is 13.7. The van der Waals surface area contributed by atoms with Crippen LogP contribution in [-0.4, -0.2) is 27.5 Å². The van der Waals surface area contributed by atoms with Crippen LogP contribution in [-0.2, 0) is 16.6 Å². The standard InChI is InChI=1S/C18H21N3O5S/c1-12(14-4-6-15(7-5-14)21-27(2,23)24)20-18(22)19-10-13-3-8-16-17(9-13)26-11-25-16/h3-9,12,21H,10-11H2,1-2H3,(H2,19,20,22)/t12-/m0/s1. The average Bonchev–Trinajstić information content (AvgIpc) is 3.07. The molecule has 1 aliphatic rings. The number of urea groups is 1. The van der Waals surface area contributed by atoms with Crippen molar-refractivity contribution in [2.24, 2.45) is 0 Å². The summed E-state index contributed by atoms with van der Waals surface area (Å²) in [6.07, 6.45) is 1.09. The molecule has 3 rings (SSSR count). The van der Waals surface area contributed by atoms with Gasteiger partial charge >= 0.3 is 6.03 Å². The number of carbonyl (C=O) groups excluding carboxylic acids is 1. The van der Waals surface area contributed by atoms with Crippen LogP contribution in [0.3, 0.4) is 0 Å². The second-order valence-corrected chi connectivity index (χ2v) is 7.98. The maximum atomic E-state index is 12.1. The van der Waals surface area contributed by atoms with Gasteiger partial charge in [-0.15, -0.1) is 0 Å². The fraction of sp³-hybridized carbons (Fsp3) is 0.278. The maximum Gasteiger partial charge on any atom is 0.315 e. The quantitative estimate of drug-likeness (QED) is 0.701. The van der Waals surface area contributed by atoms with Gasteiger partial charge in [0.2, 0.25) is 16.8 Å². The predicted molar refractivity (Wildman–Crippen MR) is 101 cm³/mol. The molecule has 8 nitrogen and oxygen atoms in total. The molecule has 2 amide bonds. The minimum Gasteiger partial charge on any atom is -0.454 e. The monoisotopic (exact) mass is 391 g/mol. The molecule has 0 spiro atoms. The van der Waals surface area contributed by atoms with Crippen molar-refractivity contribution in [3.8, 4) is 11.5 Å². The van der Waals surface area contributed by atoms with Crippen LogP contribution >= 0.6 is 0 Å². The highest BCUT2D eigenvalue weighted by Gasteiger charge is 2.14. The van der Waals surface area contributed by atoms with Crippen molar-refractivity contribution in [3.05, 3.63) is 53.6 Å². The topological polar surface area (TPSA) is 106 Å². The second-order valence-electron chi connectivity index (χ2n) is 6.23. The van der Waals surface area contributed by atoms with E-state index in [1.807, 2.05) is 25.1 Å². The van der Waals surface area contributed by atoms with Crippen molar-refractivity contribution >= 4 is 21.7 Å². The van der Waals surface area contributed by atoms with Gasteiger partial charge in [0, 0.05) is 12.2 Å². The van der Waals surface area contributed by atoms with E-state index in [-0.39, 0.29) is 18.9 Å². The first kappa shape index (κ1) is 18.8. The van der Waals surface area contributed by atoms with Gasteiger partial charge < -0.3 is 20.1 Å². The van der Waals surface area contributed by atoms with Crippen molar-refractivity contribution in [3.63, 3.8) is 0 Å². The molecule has 3 N–H and O–H groups in total. The molecule has 1 aliphatic heterocycles. The Morgan fingerprint density at radius 2 is 1.81 bits per heavy atom. The van der Waals surface area contributed by atoms with Gasteiger partial charge in [-0.1, -0.05) is 18.2 Å². The number of hydrogen-bond donors (Lipinski definition) is 3. The molecular weight excluding hydrogens is 370 g/mol. The number of anilines is 1. The van der Waals surface area contributed by atoms with E-state index in [0.29, 0.717) is 23.7 Å². The van der Waals surface area contributed by atoms with Crippen LogP contribution in [0.5, 0.6) is 11.5 Å². The van der Waals surface area contributed by atoms with Crippen LogP contribution in [0, 0.1) is 0 Å². The largest absolute Gasteiger partial charge is 0.454 e. The zero-order chi connectivity index (χ0) is 19.4. The molecular formula is C18H21N3O5S. The Morgan fingerprint density at radius 1 is 1.11 bits per heavy atom. The molecule has 0 aliphatic carbocycles. The van der Waals surface area contributed by atoms with Crippen molar-refractivity contribution in [2.75, 3.05) is 17.8 Å². The third-order valence-electron chi connectivity index (χ3n) is 3.95. The van der Waals surface area contributed by atoms with Gasteiger partial charge in [0.1, 0.15) is 0 Å². The SMILES string of the molecule is C[C@H](NC(=O)NCc1ccc2c(c1)OCO2)c1ccc(NS(C)(=O)=O)cc1. The van der Waals surface area contributed by atoms with Crippen molar-refractivity contribution in [1.82, 2.24) is 10.6 Å². The van der Waals surface area contributed by atoms with Gasteiger partial charge in [-0.2, -0.15) is 0 Å². The summed E-state index contributed by atoms with van der Waals surface area (Å²) in [4.78, 5) is 12.1. The highest BCUT2D eigenvalue weighted by atomic mass is 32.2. The Balaban J connectivity index is 1.51. The first-order valence-electron chi connectivity index (χ1n) is 8.31. The number of hydrogen-bond acceptors (Lipinski definition) is 5. The average molecular weight is 391 g/mol. The number of ether oxygens (including phenoxy) is 2. The molecule has 0 saturated heterocycles. The Morgan fingerprint density at radius 3 is 2.52 bits per heavy atom. The smallest absolute Gasteiger partial charge is 0.315 e. The molecule has 0 unspecified atom stereocenters. The zero-order valence-electron chi connectivity index (χ0n) is 15.0. The molecule has 27 heavy (non-hydrogen) atoms. The van der Waals surface area contributed by atoms with E-state index < -0.39 is 10.0 Å². The first-order valence-corrected chi connectivity index (χ1v) is 10.2. The lowest BCUT2D eigenvalue weighted by atomic mass is 10.1. The number of fused-ring (bicyclic) bond motifs is 1. The van der Waals surface area contributed by atoms with Gasteiger partial charge in [0.05, 0.1) is 12.3 Å². The van der Waals surface area contributed by atoms with E-state index >= 15 is 0 Å². The number of carbonyl (C=O) groups is 1. The van der Waals surface area contributed by atoms with Gasteiger partial charge in [0.25, 0.3) is 0 Å². The summed E-state index contributed by atoms with van der Waals surface area (Å²) >= 11 is 0. The number of sulfonamides is 1. The molecule has 1 heterocycles. The Hall–Kier alpha value is -2.94. The van der Waals surface area contributed by atoms with Crippen LogP contribution in [0.15, 0.2) is 42.5 Å². The Labute approximate surface area is 157 Å². The molecule has 9 heteroatoms. The lowest BCUT2D eigenvalue weighted by Crippen LogP contribution is -2.36. The molecule has 0 bridgehead atoms. The summed E-state index contributed by atoms with van der Waals surface area (Å²) < 4.78 is 35.4. The van der Waals surface area contributed by atoms with E-state index in [0.717, 1.165) is 17.4 Å². The predicted octanol–water partition coefficient (Wildman–Crippen LogP) is 2.35. The molecule has 0 fully saturated rings. The Kier molecular flexibility index (Phi) is 5.41. The van der Waals surface area contributed by atoms with Gasteiger partial charge in [0.15, 0.2) is 11.5 Å². The van der Waals surface area contributed by atoms with Crippen LogP contribution in [0.2, 0.25) is 0 Å². The van der Waals surface area contributed by atoms with Crippen molar-refractivity contribution < 1.29 is 22.7 Å². The second kappa shape index (κ2) is 7.75. The van der Waals surface area contributed by atoms with Crippen molar-refractivity contribution in [2.45, 2.75) is 19.5 Å². The summed E-state index contributed by atoms with van der Waals surface area (Å²) in [5.41, 5.74) is 2.23. The van der Waals surface area contributed by atoms with Gasteiger partial charge in [-0.05, 0) is 42.3 Å². The molecule has 1 atom stereocenters. The number of amides is 2. The van der Waals surface area contributed by atoms with Crippen molar-refractivity contribution in [1.29, 1.82) is 0 Å². The zero-order valence-corrected chi connectivity index (χ0v) is 15.8. The molecule has 144 valence electrons. The van der Waals surface area contributed by atoms with Crippen LogP contribution in [0.1, 0.15) is 24.1 Å². The maximum absolute atomic E-state index is 12.1. The van der Waals surface area contributed by atoms with Gasteiger partial charge in [-0.25, -0.2) is 13.2 Å². The number of benzene rings is 2. The minimum absolute atomic E-state index is 0.211. The summed E-state index contributed by atoms with van der Waals surface area (Å²) in [6, 6.07) is 11.8. The van der Waals surface area contributed by atoms with Gasteiger partial charge in [-0.3, -0.25) is 4.72 Å². The summed E-state index contributed by atoms with van der Waals surface area (Å²) in [5, 5.41) is 5.64. The molecule has 2 aromatic carbocycles. The first-order chi connectivity index (χ1) is 12.8. The van der Waals surface area contributed by atoms with E-state index in [4.69, 9.17) is 9.47 Å². The minimum atomic E-state index is -3.31. The van der Waals surface area contributed by atoms with E-state index in [9.17, 15) is 13.2 Å². The fourth-order valence-electron chi connectivity index (χ4n) is 2.62. The van der Waals surface area contributed by atoms with Crippen LogP contribution in [0.4, 0.5) is 10.5 Å². The number of nitrogens with one attached hydrogen (secondary N) is 3. The van der Waals surface area contributed by atoms with E-state index in [1.54, 1.807) is 24.3 Å². The third kappa shape index (κ3) is 5.27. The number of rotatable bonds is 6. The lowest BCUT2D eigenvalue weighted by Gasteiger charge is -2.16. The fourth-order valence-corrected chi connectivity index (χ4v) is 3.18. The summed E-state index contributed by atoms with van der Waals surface area (Å²) in [7, 11) is -3.31. The lowest BCUT2D eigenvalue weighted by molar-refractivity contribution is 0.174. The highest BCUT2D eigenvalue weighted by Crippen LogP contribution is 2.32. The summed E-state index contributed by atoms with van der Waals surface area (Å²) in [5.74, 6) is 1.37. The third-order valence-corrected chi connectivity index (χ3v) is 4.56. The Bertz CT molecular complexity index is 929. The van der Waals surface area contributed by atoms with Crippen LogP contribution < -0.4 is 24.8 Å². The summed E-state index contributed by atoms with van der Waals surface area (Å²) in [6.45, 7) is 2.41. The molecule has 0 saturated carbocycles. The molecule has 2 aromatic rings. The molecule has 0 aromatic heterocycles. The van der Waals surface area contributed by atoms with E-state index in [1.165, 1.54) is 0 Å². The molecule has 0 radical (unpaired) electrons. The van der Waals surface area contributed by atoms with E-state index in [2.05, 4.69) is 15.4 Å². The highest BCUT2D eigenvalue weighted by molar-refractivity contribution is 7.92.